The fourth-order valence-corrected chi connectivity index (χ4v) is 2.91. The third-order valence-corrected chi connectivity index (χ3v) is 4.10. The molecule has 0 spiro atoms. The minimum atomic E-state index is -0.358. The van der Waals surface area contributed by atoms with Crippen molar-refractivity contribution in [2.75, 3.05) is 32.8 Å². The third kappa shape index (κ3) is 4.31. The van der Waals surface area contributed by atoms with Crippen molar-refractivity contribution in [2.24, 2.45) is 0 Å². The Morgan fingerprint density at radius 2 is 2.21 bits per heavy atom. The monoisotopic (exact) mass is 349 g/mol. The first kappa shape index (κ1) is 16.9. The molecule has 0 aromatic carbocycles. The van der Waals surface area contributed by atoms with Crippen LogP contribution in [0.5, 0.6) is 0 Å². The molecule has 1 atom stereocenters. The summed E-state index contributed by atoms with van der Waals surface area (Å²) in [5.41, 5.74) is 0.888. The van der Waals surface area contributed by atoms with E-state index in [1.54, 1.807) is 29.5 Å². The van der Waals surface area contributed by atoms with Crippen LogP contribution in [0.1, 0.15) is 11.6 Å². The summed E-state index contributed by atoms with van der Waals surface area (Å²) in [6, 6.07) is 3.42. The lowest BCUT2D eigenvalue weighted by Crippen LogP contribution is -2.46. The van der Waals surface area contributed by atoms with E-state index in [0.717, 1.165) is 18.7 Å². The number of aromatic nitrogens is 3. The van der Waals surface area contributed by atoms with Crippen LogP contribution in [0.25, 0.3) is 0 Å². The molecule has 1 aliphatic heterocycles. The average molecular weight is 350 g/mol. The van der Waals surface area contributed by atoms with E-state index in [1.807, 2.05) is 12.1 Å². The van der Waals surface area contributed by atoms with Crippen LogP contribution in [0.3, 0.4) is 0 Å². The molecule has 3 rings (SSSR count). The van der Waals surface area contributed by atoms with Crippen molar-refractivity contribution in [1.82, 2.24) is 25.0 Å². The van der Waals surface area contributed by atoms with Crippen LogP contribution in [0, 0.1) is 0 Å². The Morgan fingerprint density at radius 3 is 2.88 bits per heavy atom. The van der Waals surface area contributed by atoms with Gasteiger partial charge in [0, 0.05) is 38.2 Å². The summed E-state index contributed by atoms with van der Waals surface area (Å²) < 4.78 is 7.10. The molecule has 1 amide bonds. The molecule has 1 unspecified atom stereocenters. The van der Waals surface area contributed by atoms with Gasteiger partial charge in [-0.15, -0.1) is 0 Å². The molecule has 8 heteroatoms. The predicted octanol–water partition coefficient (Wildman–Crippen LogP) is 1.12. The zero-order chi connectivity index (χ0) is 16.8. The Hall–Kier alpha value is -1.96. The molecule has 24 heavy (non-hydrogen) atoms. The molecule has 1 fully saturated rings. The van der Waals surface area contributed by atoms with Gasteiger partial charge in [-0.1, -0.05) is 17.7 Å². The number of nitrogens with one attached hydrogen (secondary N) is 1. The molecule has 1 saturated heterocycles. The highest BCUT2D eigenvalue weighted by Gasteiger charge is 2.28. The van der Waals surface area contributed by atoms with Crippen LogP contribution in [-0.4, -0.2) is 58.4 Å². The number of hydrogen-bond donors (Lipinski definition) is 1. The number of carbonyl (C=O) groups excluding carboxylic acids is 1. The molecule has 7 nitrogen and oxygen atoms in total. The molecular formula is C16H20ClN5O2. The molecule has 128 valence electrons. The SMILES string of the molecule is O=C(NCCn1cc(Cl)cn1)C(c1cccnc1)N1CCOCC1. The molecule has 0 radical (unpaired) electrons. The summed E-state index contributed by atoms with van der Waals surface area (Å²) in [4.78, 5) is 19.0. The van der Waals surface area contributed by atoms with Crippen molar-refractivity contribution in [3.63, 3.8) is 0 Å². The van der Waals surface area contributed by atoms with Crippen LogP contribution in [-0.2, 0) is 16.1 Å². The van der Waals surface area contributed by atoms with E-state index in [0.29, 0.717) is 31.3 Å². The minimum Gasteiger partial charge on any atom is -0.379 e. The van der Waals surface area contributed by atoms with Gasteiger partial charge in [-0.25, -0.2) is 0 Å². The van der Waals surface area contributed by atoms with Gasteiger partial charge in [0.1, 0.15) is 6.04 Å². The predicted molar refractivity (Wildman–Crippen MR) is 89.6 cm³/mol. The van der Waals surface area contributed by atoms with Gasteiger partial charge in [-0.2, -0.15) is 5.10 Å². The average Bonchev–Trinajstić information content (AvgIpc) is 3.02. The van der Waals surface area contributed by atoms with Crippen LogP contribution in [0.2, 0.25) is 5.02 Å². The Morgan fingerprint density at radius 1 is 1.38 bits per heavy atom. The number of amides is 1. The van der Waals surface area contributed by atoms with E-state index >= 15 is 0 Å². The maximum absolute atomic E-state index is 12.8. The van der Waals surface area contributed by atoms with Gasteiger partial charge < -0.3 is 10.1 Å². The second-order valence-corrected chi connectivity index (χ2v) is 5.99. The van der Waals surface area contributed by atoms with Crippen molar-refractivity contribution in [2.45, 2.75) is 12.6 Å². The number of nitrogens with zero attached hydrogens (tertiary/aromatic N) is 4. The van der Waals surface area contributed by atoms with Crippen molar-refractivity contribution in [3.05, 3.63) is 47.5 Å². The van der Waals surface area contributed by atoms with Crippen molar-refractivity contribution < 1.29 is 9.53 Å². The van der Waals surface area contributed by atoms with Crippen LogP contribution in [0.4, 0.5) is 0 Å². The molecule has 0 saturated carbocycles. The standard InChI is InChI=1S/C16H20ClN5O2/c17-14-11-20-22(12-14)5-4-19-16(23)15(13-2-1-3-18-10-13)21-6-8-24-9-7-21/h1-3,10-12,15H,4-9H2,(H,19,23). The van der Waals surface area contributed by atoms with Crippen molar-refractivity contribution >= 4 is 17.5 Å². The Bertz CT molecular complexity index is 657. The van der Waals surface area contributed by atoms with Crippen LogP contribution < -0.4 is 5.32 Å². The molecule has 1 aliphatic rings. The molecule has 2 aromatic rings. The Kier molecular flexibility index (Phi) is 5.79. The second kappa shape index (κ2) is 8.23. The van der Waals surface area contributed by atoms with Crippen LogP contribution >= 0.6 is 11.6 Å². The first-order valence-corrected chi connectivity index (χ1v) is 8.29. The zero-order valence-corrected chi connectivity index (χ0v) is 14.0. The van der Waals surface area contributed by atoms with E-state index in [-0.39, 0.29) is 11.9 Å². The number of ether oxygens (including phenoxy) is 1. The minimum absolute atomic E-state index is 0.0387. The van der Waals surface area contributed by atoms with E-state index in [9.17, 15) is 4.79 Å². The number of hydrogen-bond acceptors (Lipinski definition) is 5. The summed E-state index contributed by atoms with van der Waals surface area (Å²) >= 11 is 5.84. The topological polar surface area (TPSA) is 72.3 Å². The maximum atomic E-state index is 12.8. The molecular weight excluding hydrogens is 330 g/mol. The van der Waals surface area contributed by atoms with E-state index in [1.165, 1.54) is 0 Å². The van der Waals surface area contributed by atoms with Gasteiger partial charge in [0.15, 0.2) is 0 Å². The van der Waals surface area contributed by atoms with Gasteiger partial charge in [0.25, 0.3) is 0 Å². The van der Waals surface area contributed by atoms with E-state index < -0.39 is 0 Å². The lowest BCUT2D eigenvalue weighted by atomic mass is 10.1. The highest BCUT2D eigenvalue weighted by atomic mass is 35.5. The van der Waals surface area contributed by atoms with Gasteiger partial charge in [-0.05, 0) is 11.6 Å². The Labute approximate surface area is 145 Å². The molecule has 3 heterocycles. The second-order valence-electron chi connectivity index (χ2n) is 5.55. The van der Waals surface area contributed by atoms with Gasteiger partial charge >= 0.3 is 0 Å². The summed E-state index contributed by atoms with van der Waals surface area (Å²) in [6.07, 6.45) is 6.76. The first-order chi connectivity index (χ1) is 11.7. The van der Waals surface area contributed by atoms with Crippen LogP contribution in [0.15, 0.2) is 36.9 Å². The fraction of sp³-hybridized carbons (Fsp3) is 0.438. The molecule has 0 aliphatic carbocycles. The number of halogens is 1. The smallest absolute Gasteiger partial charge is 0.242 e. The van der Waals surface area contributed by atoms with Gasteiger partial charge in [0.05, 0.1) is 31.0 Å². The summed E-state index contributed by atoms with van der Waals surface area (Å²) in [5.74, 6) is -0.0387. The van der Waals surface area contributed by atoms with Crippen molar-refractivity contribution in [3.8, 4) is 0 Å². The number of carbonyl (C=O) groups is 1. The lowest BCUT2D eigenvalue weighted by molar-refractivity contribution is -0.128. The van der Waals surface area contributed by atoms with Crippen molar-refractivity contribution in [1.29, 1.82) is 0 Å². The Balaban J connectivity index is 1.64. The number of morpholine rings is 1. The quantitative estimate of drug-likeness (QED) is 0.846. The highest BCUT2D eigenvalue weighted by molar-refractivity contribution is 6.30. The number of rotatable bonds is 6. The van der Waals surface area contributed by atoms with E-state index in [4.69, 9.17) is 16.3 Å². The van der Waals surface area contributed by atoms with Gasteiger partial charge in [0.2, 0.25) is 5.91 Å². The molecule has 0 bridgehead atoms. The lowest BCUT2D eigenvalue weighted by Gasteiger charge is -2.33. The maximum Gasteiger partial charge on any atom is 0.242 e. The largest absolute Gasteiger partial charge is 0.379 e. The summed E-state index contributed by atoms with van der Waals surface area (Å²) in [7, 11) is 0. The normalized spacial score (nSPS) is 16.7. The first-order valence-electron chi connectivity index (χ1n) is 7.91. The summed E-state index contributed by atoms with van der Waals surface area (Å²) in [5, 5.41) is 7.67. The molecule has 1 N–H and O–H groups in total. The zero-order valence-electron chi connectivity index (χ0n) is 13.3. The highest BCUT2D eigenvalue weighted by Crippen LogP contribution is 2.21. The van der Waals surface area contributed by atoms with Gasteiger partial charge in [-0.3, -0.25) is 19.4 Å². The summed E-state index contributed by atoms with van der Waals surface area (Å²) in [6.45, 7) is 3.77. The fourth-order valence-electron chi connectivity index (χ4n) is 2.75. The number of pyridine rings is 1. The third-order valence-electron chi connectivity index (χ3n) is 3.90. The molecule has 2 aromatic heterocycles. The van der Waals surface area contributed by atoms with E-state index in [2.05, 4.69) is 20.3 Å².